The first-order chi connectivity index (χ1) is 14.5. The third-order valence-electron chi connectivity index (χ3n) is 5.05. The van der Waals surface area contributed by atoms with E-state index in [0.29, 0.717) is 22.3 Å². The smallest absolute Gasteiger partial charge is 0.270 e. The molecule has 3 amide bonds. The number of nitrogens with one attached hydrogen (secondary N) is 2. The number of carbonyl (C=O) groups is 3. The van der Waals surface area contributed by atoms with E-state index in [4.69, 9.17) is 0 Å². The monoisotopic (exact) mass is 405 g/mol. The van der Waals surface area contributed by atoms with Crippen molar-refractivity contribution in [3.63, 3.8) is 0 Å². The predicted octanol–water partition coefficient (Wildman–Crippen LogP) is 1.01. The molecule has 4 rings (SSSR count). The Labute approximate surface area is 171 Å². The molecule has 1 fully saturated rings. The van der Waals surface area contributed by atoms with Gasteiger partial charge in [0.15, 0.2) is 0 Å². The summed E-state index contributed by atoms with van der Waals surface area (Å²) in [7, 11) is 0. The zero-order valence-electron chi connectivity index (χ0n) is 16.2. The summed E-state index contributed by atoms with van der Waals surface area (Å²) in [5, 5.41) is 5.36. The van der Waals surface area contributed by atoms with Crippen LogP contribution in [0.25, 0.3) is 10.9 Å². The second-order valence-corrected chi connectivity index (χ2v) is 7.01. The van der Waals surface area contributed by atoms with E-state index in [1.807, 2.05) is 0 Å². The van der Waals surface area contributed by atoms with Crippen molar-refractivity contribution in [2.45, 2.75) is 32.4 Å². The Balaban J connectivity index is 1.71. The van der Waals surface area contributed by atoms with Gasteiger partial charge in [-0.15, -0.1) is 0 Å². The van der Waals surface area contributed by atoms with Crippen molar-refractivity contribution in [3.05, 3.63) is 70.0 Å². The summed E-state index contributed by atoms with van der Waals surface area (Å²) >= 11 is 0. The Kier molecular flexibility index (Phi) is 5.09. The number of imide groups is 1. The molecule has 0 spiro atoms. The standard InChI is InChI=1S/C21H19N5O4/c1-12-24-14-7-4-5-13(11-23-19(28)15-6-2-3-10-22-15)18(14)21(30)26(12)16-8-9-17(27)25-20(16)29/h2-7,10,16H,8-9,11H2,1H3,(H,23,28)(H,25,27,29). The summed E-state index contributed by atoms with van der Waals surface area (Å²) in [5.41, 5.74) is 0.947. The molecule has 1 aliphatic heterocycles. The fourth-order valence-electron chi connectivity index (χ4n) is 3.63. The molecule has 3 aromatic rings. The lowest BCUT2D eigenvalue weighted by Gasteiger charge is -2.24. The topological polar surface area (TPSA) is 123 Å². The number of fused-ring (bicyclic) bond motifs is 1. The lowest BCUT2D eigenvalue weighted by Crippen LogP contribution is -2.45. The predicted molar refractivity (Wildman–Crippen MR) is 108 cm³/mol. The van der Waals surface area contributed by atoms with Crippen LogP contribution < -0.4 is 16.2 Å². The second kappa shape index (κ2) is 7.86. The van der Waals surface area contributed by atoms with Gasteiger partial charge < -0.3 is 5.32 Å². The van der Waals surface area contributed by atoms with Gasteiger partial charge >= 0.3 is 0 Å². The molecule has 1 aromatic carbocycles. The van der Waals surface area contributed by atoms with E-state index >= 15 is 0 Å². The highest BCUT2D eigenvalue weighted by Gasteiger charge is 2.30. The highest BCUT2D eigenvalue weighted by Crippen LogP contribution is 2.21. The van der Waals surface area contributed by atoms with Crippen molar-refractivity contribution in [2.24, 2.45) is 0 Å². The van der Waals surface area contributed by atoms with Crippen molar-refractivity contribution >= 4 is 28.6 Å². The Morgan fingerprint density at radius 2 is 2.03 bits per heavy atom. The summed E-state index contributed by atoms with van der Waals surface area (Å²) < 4.78 is 1.33. The molecule has 3 heterocycles. The SMILES string of the molecule is Cc1nc2cccc(CNC(=O)c3ccccn3)c2c(=O)n1C1CCC(=O)NC1=O. The van der Waals surface area contributed by atoms with Crippen molar-refractivity contribution in [1.29, 1.82) is 0 Å². The Morgan fingerprint density at radius 3 is 2.77 bits per heavy atom. The van der Waals surface area contributed by atoms with E-state index in [2.05, 4.69) is 20.6 Å². The normalized spacial score (nSPS) is 16.4. The Morgan fingerprint density at radius 1 is 1.20 bits per heavy atom. The van der Waals surface area contributed by atoms with Crippen molar-refractivity contribution in [2.75, 3.05) is 0 Å². The number of pyridine rings is 1. The Bertz CT molecular complexity index is 1220. The zero-order chi connectivity index (χ0) is 21.3. The minimum Gasteiger partial charge on any atom is -0.347 e. The van der Waals surface area contributed by atoms with Crippen LogP contribution in [0.1, 0.15) is 40.8 Å². The highest BCUT2D eigenvalue weighted by atomic mass is 16.2. The number of aromatic nitrogens is 3. The van der Waals surface area contributed by atoms with Crippen LogP contribution in [0, 0.1) is 6.92 Å². The first kappa shape index (κ1) is 19.4. The number of hydrogen-bond donors (Lipinski definition) is 2. The summed E-state index contributed by atoms with van der Waals surface area (Å²) in [6.45, 7) is 1.75. The van der Waals surface area contributed by atoms with E-state index in [9.17, 15) is 19.2 Å². The molecule has 1 atom stereocenters. The van der Waals surface area contributed by atoms with E-state index in [-0.39, 0.29) is 42.5 Å². The van der Waals surface area contributed by atoms with Crippen LogP contribution >= 0.6 is 0 Å². The van der Waals surface area contributed by atoms with Crippen molar-refractivity contribution in [3.8, 4) is 0 Å². The second-order valence-electron chi connectivity index (χ2n) is 7.01. The third kappa shape index (κ3) is 3.57. The van der Waals surface area contributed by atoms with E-state index in [0.717, 1.165) is 0 Å². The summed E-state index contributed by atoms with van der Waals surface area (Å²) in [4.78, 5) is 58.0. The van der Waals surface area contributed by atoms with Gasteiger partial charge in [0.05, 0.1) is 10.9 Å². The van der Waals surface area contributed by atoms with E-state index in [1.165, 1.54) is 10.8 Å². The van der Waals surface area contributed by atoms with Crippen LogP contribution in [0.2, 0.25) is 0 Å². The van der Waals surface area contributed by atoms with Crippen LogP contribution in [0.3, 0.4) is 0 Å². The minimum atomic E-state index is -0.803. The average molecular weight is 405 g/mol. The molecule has 0 bridgehead atoms. The molecule has 30 heavy (non-hydrogen) atoms. The first-order valence-corrected chi connectivity index (χ1v) is 9.49. The molecule has 0 radical (unpaired) electrons. The van der Waals surface area contributed by atoms with Crippen LogP contribution in [0.15, 0.2) is 47.4 Å². The maximum absolute atomic E-state index is 13.3. The van der Waals surface area contributed by atoms with Gasteiger partial charge in [-0.2, -0.15) is 0 Å². The largest absolute Gasteiger partial charge is 0.347 e. The molecule has 2 aromatic heterocycles. The molecule has 0 saturated carbocycles. The molecular weight excluding hydrogens is 386 g/mol. The van der Waals surface area contributed by atoms with E-state index < -0.39 is 11.9 Å². The average Bonchev–Trinajstić information content (AvgIpc) is 2.73. The number of amides is 3. The maximum atomic E-state index is 13.3. The number of aryl methyl sites for hydroxylation is 1. The zero-order valence-corrected chi connectivity index (χ0v) is 16.2. The molecule has 0 aliphatic carbocycles. The van der Waals surface area contributed by atoms with E-state index in [1.54, 1.807) is 43.3 Å². The van der Waals surface area contributed by atoms with Gasteiger partial charge in [0, 0.05) is 19.2 Å². The lowest BCUT2D eigenvalue weighted by molar-refractivity contribution is -0.135. The van der Waals surface area contributed by atoms with Gasteiger partial charge in [-0.25, -0.2) is 4.98 Å². The molecule has 9 heteroatoms. The fraction of sp³-hybridized carbons (Fsp3) is 0.238. The third-order valence-corrected chi connectivity index (χ3v) is 5.05. The molecule has 152 valence electrons. The number of nitrogens with zero attached hydrogens (tertiary/aromatic N) is 3. The van der Waals surface area contributed by atoms with Crippen LogP contribution in [0.5, 0.6) is 0 Å². The molecule has 9 nitrogen and oxygen atoms in total. The maximum Gasteiger partial charge on any atom is 0.270 e. The van der Waals surface area contributed by atoms with Gasteiger partial charge in [-0.05, 0) is 37.1 Å². The van der Waals surface area contributed by atoms with Crippen molar-refractivity contribution in [1.82, 2.24) is 25.2 Å². The molecule has 1 unspecified atom stereocenters. The van der Waals surface area contributed by atoms with Gasteiger partial charge in [0.1, 0.15) is 17.6 Å². The molecule has 1 aliphatic rings. The number of benzene rings is 1. The Hall–Kier alpha value is -3.88. The summed E-state index contributed by atoms with van der Waals surface area (Å²) in [5.74, 6) is -0.845. The van der Waals surface area contributed by atoms with Gasteiger partial charge in [-0.1, -0.05) is 18.2 Å². The van der Waals surface area contributed by atoms with Crippen LogP contribution in [0.4, 0.5) is 0 Å². The first-order valence-electron chi connectivity index (χ1n) is 9.49. The fourth-order valence-corrected chi connectivity index (χ4v) is 3.63. The van der Waals surface area contributed by atoms with Crippen molar-refractivity contribution < 1.29 is 14.4 Å². The lowest BCUT2D eigenvalue weighted by atomic mass is 10.0. The summed E-state index contributed by atoms with van der Waals surface area (Å²) in [6, 6.07) is 9.42. The molecule has 1 saturated heterocycles. The number of carbonyl (C=O) groups excluding carboxylic acids is 3. The minimum absolute atomic E-state index is 0.0993. The highest BCUT2D eigenvalue weighted by molar-refractivity contribution is 5.99. The van der Waals surface area contributed by atoms with Crippen LogP contribution in [-0.2, 0) is 16.1 Å². The summed E-state index contributed by atoms with van der Waals surface area (Å²) in [6.07, 6.45) is 1.91. The number of hydrogen-bond acceptors (Lipinski definition) is 6. The van der Waals surface area contributed by atoms with Crippen LogP contribution in [-0.4, -0.2) is 32.3 Å². The molecule has 2 N–H and O–H groups in total. The quantitative estimate of drug-likeness (QED) is 0.625. The number of rotatable bonds is 4. The number of piperidine rings is 1. The molecular formula is C21H19N5O4. The van der Waals surface area contributed by atoms with Gasteiger partial charge in [0.25, 0.3) is 11.5 Å². The van der Waals surface area contributed by atoms with Gasteiger partial charge in [0.2, 0.25) is 11.8 Å². The van der Waals surface area contributed by atoms with Gasteiger partial charge in [-0.3, -0.25) is 34.0 Å².